The van der Waals surface area contributed by atoms with Crippen LogP contribution in [0.2, 0.25) is 0 Å². The van der Waals surface area contributed by atoms with Gasteiger partial charge >= 0.3 is 0 Å². The minimum atomic E-state index is -2.28. The Kier molecular flexibility index (Phi) is 9.72. The van der Waals surface area contributed by atoms with Gasteiger partial charge in [0, 0.05) is 74.4 Å². The van der Waals surface area contributed by atoms with Gasteiger partial charge in [-0.1, -0.05) is 72.4 Å². The number of benzene rings is 1. The van der Waals surface area contributed by atoms with Crippen molar-refractivity contribution in [2.75, 3.05) is 0 Å². The maximum atomic E-state index is 11.6. The van der Waals surface area contributed by atoms with Crippen molar-refractivity contribution in [3.63, 3.8) is 0 Å². The first kappa shape index (κ1) is 31.7. The first-order valence-corrected chi connectivity index (χ1v) is 17.0. The number of aliphatic hydroxyl groups excluding tert-OH is 1. The number of carbonyl (C=O) groups excluding carboxylic acids is 1. The number of hydrogen-bond donors (Lipinski definition) is 1. The third kappa shape index (κ3) is 6.88. The van der Waals surface area contributed by atoms with Crippen LogP contribution in [0.5, 0.6) is 0 Å². The Morgan fingerprint density at radius 3 is 2.48 bits per heavy atom. The number of thiophene rings is 1. The van der Waals surface area contributed by atoms with E-state index in [4.69, 9.17) is 13.5 Å². The molecule has 1 radical (unpaired) electrons. The number of aromatic nitrogens is 2. The Hall–Kier alpha value is -2.86. The number of allylic oxidation sites excluding steroid dienone is 2. The molecule has 5 nitrogen and oxygen atoms in total. The molecule has 1 unspecified atom stereocenters. The van der Waals surface area contributed by atoms with Gasteiger partial charge in [-0.3, -0.25) is 4.79 Å². The zero-order valence-corrected chi connectivity index (χ0v) is 31.3. The van der Waals surface area contributed by atoms with Gasteiger partial charge in [0.25, 0.3) is 0 Å². The van der Waals surface area contributed by atoms with Gasteiger partial charge < -0.3 is 14.5 Å². The van der Waals surface area contributed by atoms with Crippen molar-refractivity contribution in [3.05, 3.63) is 70.6 Å². The van der Waals surface area contributed by atoms with Crippen molar-refractivity contribution >= 4 is 49.3 Å². The molecule has 0 saturated carbocycles. The minimum Gasteiger partial charge on any atom is -0.512 e. The Morgan fingerprint density at radius 2 is 1.80 bits per heavy atom. The Bertz CT molecular complexity index is 2000. The number of furan rings is 1. The van der Waals surface area contributed by atoms with Crippen molar-refractivity contribution in [3.8, 4) is 11.3 Å². The van der Waals surface area contributed by atoms with E-state index < -0.39 is 6.85 Å². The molecule has 0 bridgehead atoms. The number of ketones is 1. The van der Waals surface area contributed by atoms with Gasteiger partial charge in [-0.15, -0.1) is 29.5 Å². The second-order valence-corrected chi connectivity index (χ2v) is 14.7. The van der Waals surface area contributed by atoms with E-state index in [9.17, 15) is 9.90 Å². The zero-order chi connectivity index (χ0) is 35.2. The maximum Gasteiger partial charge on any atom is 0.216 e. The summed E-state index contributed by atoms with van der Waals surface area (Å²) in [4.78, 5) is 22.2. The monoisotopic (exact) mass is 819 g/mol. The summed E-state index contributed by atoms with van der Waals surface area (Å²) in [7, 11) is 0. The van der Waals surface area contributed by atoms with Crippen LogP contribution in [-0.4, -0.2) is 20.9 Å². The van der Waals surface area contributed by atoms with Crippen molar-refractivity contribution in [1.29, 1.82) is 0 Å². The maximum absolute atomic E-state index is 11.6. The Morgan fingerprint density at radius 1 is 1.09 bits per heavy atom. The molecule has 1 aliphatic carbocycles. The number of rotatable bonds is 7. The summed E-state index contributed by atoms with van der Waals surface area (Å²) in [6, 6.07) is 12.6. The smallest absolute Gasteiger partial charge is 0.216 e. The fourth-order valence-electron chi connectivity index (χ4n) is 6.26. The molecular formula is C39H47IrN2O3S-. The summed E-state index contributed by atoms with van der Waals surface area (Å²) in [5.41, 5.74) is 4.26. The molecular weight excluding hydrogens is 769 g/mol. The Labute approximate surface area is 295 Å². The normalized spacial score (nSPS) is 17.4. The molecule has 6 rings (SSSR count). The van der Waals surface area contributed by atoms with Gasteiger partial charge in [-0.25, -0.2) is 4.98 Å². The molecule has 1 aromatic carbocycles. The topological polar surface area (TPSA) is 76.2 Å². The fourth-order valence-corrected chi connectivity index (χ4v) is 7.78. The summed E-state index contributed by atoms with van der Waals surface area (Å²) < 4.78 is 30.3. The first-order chi connectivity index (χ1) is 22.5. The minimum absolute atomic E-state index is 0. The standard InChI is InChI=1S/C27H25N2OS.C12H22O2.Ir/c1-15-9-10-17-16-7-6-8-18(23(16)30-25(17)29-15)20-13-21-19(14-28-20)22-24(31-21)27(4,5)12-11-26(22,2)3;1-5-9(4)11(13)8-12(14)10(6-2)7-3;/h6-7,9-10,13-14H,11-12H2,1-5H3;8-10,13H,5-7H2,1-4H3;/q-1;;/b;11-8-;/i1D3;;. The van der Waals surface area contributed by atoms with E-state index >= 15 is 0 Å². The van der Waals surface area contributed by atoms with Crippen molar-refractivity contribution in [2.45, 2.75) is 105 Å². The molecule has 4 aromatic heterocycles. The van der Waals surface area contributed by atoms with Crippen molar-refractivity contribution in [2.24, 2.45) is 11.8 Å². The number of carbonyl (C=O) groups is 1. The predicted octanol–water partition coefficient (Wildman–Crippen LogP) is 11.2. The first-order valence-electron chi connectivity index (χ1n) is 17.6. The molecule has 0 aliphatic heterocycles. The largest absolute Gasteiger partial charge is 0.512 e. The molecule has 1 N–H and O–H groups in total. The van der Waals surface area contributed by atoms with E-state index in [1.165, 1.54) is 33.0 Å². The van der Waals surface area contributed by atoms with E-state index in [0.717, 1.165) is 47.7 Å². The SMILES string of the molecule is CCC(CC)C(=O)/C=C(\O)C(C)CC.[2H]C([2H])([2H])c1ccc2c(n1)oc1c(-c3cc4sc5c(c4cn3)C(C)(C)CCC5(C)C)[c-]ccc12.[Ir]. The van der Waals surface area contributed by atoms with Crippen LogP contribution in [0, 0.1) is 24.8 Å². The summed E-state index contributed by atoms with van der Waals surface area (Å²) in [6.07, 6.45) is 8.31. The van der Waals surface area contributed by atoms with Gasteiger partial charge in [0.15, 0.2) is 5.78 Å². The van der Waals surface area contributed by atoms with Gasteiger partial charge in [0.05, 0.1) is 11.3 Å². The molecule has 5 aromatic rings. The molecule has 0 amide bonds. The van der Waals surface area contributed by atoms with Crippen LogP contribution in [0.3, 0.4) is 0 Å². The van der Waals surface area contributed by atoms with E-state index in [-0.39, 0.29) is 60.0 Å². The van der Waals surface area contributed by atoms with Crippen molar-refractivity contribution < 1.29 is 38.5 Å². The van der Waals surface area contributed by atoms with E-state index in [0.29, 0.717) is 11.3 Å². The molecule has 0 saturated heterocycles. The summed E-state index contributed by atoms with van der Waals surface area (Å²) in [6.45, 7) is 15.0. The molecule has 1 aliphatic rings. The molecule has 247 valence electrons. The zero-order valence-electron chi connectivity index (χ0n) is 31.1. The molecule has 1 atom stereocenters. The molecule has 46 heavy (non-hydrogen) atoms. The average Bonchev–Trinajstić information content (AvgIpc) is 3.63. The third-order valence-corrected chi connectivity index (χ3v) is 11.1. The quantitative estimate of drug-likeness (QED) is 0.101. The Balaban J connectivity index is 0.000000309. The van der Waals surface area contributed by atoms with E-state index in [1.807, 2.05) is 57.4 Å². The molecule has 4 heterocycles. The second-order valence-electron chi connectivity index (χ2n) is 13.7. The number of hydrogen-bond acceptors (Lipinski definition) is 6. The number of aryl methyl sites for hydroxylation is 1. The van der Waals surface area contributed by atoms with Gasteiger partial charge in [-0.05, 0) is 73.2 Å². The number of nitrogens with zero attached hydrogens (tertiary/aromatic N) is 2. The molecule has 0 spiro atoms. The average molecular weight is 819 g/mol. The molecule has 7 heteroatoms. The summed E-state index contributed by atoms with van der Waals surface area (Å²) in [5, 5.41) is 12.5. The third-order valence-electron chi connectivity index (χ3n) is 9.59. The van der Waals surface area contributed by atoms with Crippen molar-refractivity contribution in [1.82, 2.24) is 9.97 Å². The van der Waals surface area contributed by atoms with Crippen LogP contribution in [-0.2, 0) is 35.7 Å². The van der Waals surface area contributed by atoms with Crippen LogP contribution in [0.15, 0.2) is 52.8 Å². The van der Waals surface area contributed by atoms with Gasteiger partial charge in [-0.2, -0.15) is 0 Å². The van der Waals surface area contributed by atoms with Crippen LogP contribution in [0.1, 0.15) is 108 Å². The van der Waals surface area contributed by atoms with Crippen LogP contribution in [0.25, 0.3) is 43.4 Å². The fraction of sp³-hybridized carbons (Fsp3) is 0.462. The predicted molar refractivity (Wildman–Crippen MR) is 188 cm³/mol. The molecule has 0 fully saturated rings. The number of fused-ring (bicyclic) bond motifs is 6. The summed E-state index contributed by atoms with van der Waals surface area (Å²) >= 11 is 1.87. The van der Waals surface area contributed by atoms with Gasteiger partial charge in [0.1, 0.15) is 0 Å². The van der Waals surface area contributed by atoms with Crippen LogP contribution >= 0.6 is 11.3 Å². The summed E-state index contributed by atoms with van der Waals surface area (Å²) in [5.74, 6) is 0.451. The second kappa shape index (κ2) is 14.1. The van der Waals surface area contributed by atoms with E-state index in [1.54, 1.807) is 12.1 Å². The number of pyridine rings is 2. The van der Waals surface area contributed by atoms with E-state index in [2.05, 4.69) is 44.8 Å². The van der Waals surface area contributed by atoms with Gasteiger partial charge in [0.2, 0.25) is 5.71 Å². The van der Waals surface area contributed by atoms with Crippen LogP contribution in [0.4, 0.5) is 0 Å². The number of aliphatic hydroxyl groups is 1. The van der Waals surface area contributed by atoms with Crippen LogP contribution < -0.4 is 0 Å².